The first kappa shape index (κ1) is 33.7. The van der Waals surface area contributed by atoms with Gasteiger partial charge in [-0.3, -0.25) is 0 Å². The summed E-state index contributed by atoms with van der Waals surface area (Å²) in [5.41, 5.74) is 7.62. The van der Waals surface area contributed by atoms with Crippen molar-refractivity contribution >= 4 is 83.1 Å². The van der Waals surface area contributed by atoms with Crippen molar-refractivity contribution < 1.29 is 0 Å². The molecule has 0 saturated heterocycles. The van der Waals surface area contributed by atoms with Crippen LogP contribution in [0.25, 0.3) is 47.7 Å². The van der Waals surface area contributed by atoms with Crippen LogP contribution in [0.5, 0.6) is 0 Å². The smallest absolute Gasteiger partial charge is 0.175 e. The molecule has 0 bridgehead atoms. The van der Waals surface area contributed by atoms with Gasteiger partial charge in [-0.1, -0.05) is 157 Å². The summed E-state index contributed by atoms with van der Waals surface area (Å²) >= 11 is 1.89. The van der Waals surface area contributed by atoms with Gasteiger partial charge in [-0.05, 0) is 88.6 Å². The van der Waals surface area contributed by atoms with Gasteiger partial charge in [0.05, 0.1) is 17.1 Å². The summed E-state index contributed by atoms with van der Waals surface area (Å²) in [7, 11) is -2.58. The molecule has 3 heterocycles. The number of nitrogens with zero attached hydrogens (tertiary/aromatic N) is 2. The Kier molecular flexibility index (Phi) is 7.72. The highest BCUT2D eigenvalue weighted by Gasteiger charge is 2.47. The lowest BCUT2D eigenvalue weighted by Crippen LogP contribution is -2.62. The molecule has 7 aromatic carbocycles. The SMILES string of the molecule is C1=CCCC([Si](C2=CC3c4ccccc4N(c4ccc5sc6ccc(-n7c8ccccc8c8ccccc87)cc6c5c4)C3C=C2)(c2ccccc2)c2ccccc2)=C1. The van der Waals surface area contributed by atoms with Crippen LogP contribution in [0.4, 0.5) is 11.4 Å². The Hall–Kier alpha value is -6.46. The van der Waals surface area contributed by atoms with Crippen LogP contribution < -0.4 is 15.3 Å². The van der Waals surface area contributed by atoms with Gasteiger partial charge in [0.2, 0.25) is 0 Å². The van der Waals surface area contributed by atoms with Crippen LogP contribution in [0.1, 0.15) is 24.3 Å². The Labute approximate surface area is 343 Å². The van der Waals surface area contributed by atoms with Crippen molar-refractivity contribution in [2.75, 3.05) is 4.90 Å². The molecule has 2 unspecified atom stereocenters. The van der Waals surface area contributed by atoms with Crippen molar-refractivity contribution in [1.29, 1.82) is 0 Å². The lowest BCUT2D eigenvalue weighted by molar-refractivity contribution is 0.742. The number of rotatable bonds is 6. The first-order valence-corrected chi connectivity index (χ1v) is 23.3. The molecule has 2 aliphatic carbocycles. The van der Waals surface area contributed by atoms with E-state index in [1.165, 1.54) is 80.2 Å². The van der Waals surface area contributed by atoms with Crippen LogP contribution in [0.2, 0.25) is 0 Å². The van der Waals surface area contributed by atoms with Gasteiger partial charge in [0.25, 0.3) is 0 Å². The standard InChI is InChI=1S/C54H40N2SSi/c1-4-16-39(17-5-1)58(40-18-6-2-7-19-40,41-20-8-3-9-21-41)42-30-31-52-46(36-42)45-24-12-15-27-51(45)56(52)38-29-33-54-48(35-38)47-34-37(28-32-53(47)57-54)55-49-25-13-10-22-43(49)44-23-11-14-26-50(44)55/h1-8,10-20,22-36,46,52H,9,21H2. The molecule has 2 atom stereocenters. The van der Waals surface area contributed by atoms with Crippen molar-refractivity contribution in [1.82, 2.24) is 4.57 Å². The van der Waals surface area contributed by atoms with Crippen molar-refractivity contribution in [2.45, 2.75) is 24.8 Å². The van der Waals surface area contributed by atoms with Gasteiger partial charge in [0, 0.05) is 53.9 Å². The predicted molar refractivity (Wildman–Crippen MR) is 250 cm³/mol. The third-order valence-corrected chi connectivity index (χ3v) is 19.1. The molecule has 1 aliphatic heterocycles. The molecule has 2 nitrogen and oxygen atoms in total. The molecular formula is C54H40N2SSi. The van der Waals surface area contributed by atoms with Crippen molar-refractivity contribution in [3.63, 3.8) is 0 Å². The van der Waals surface area contributed by atoms with Crippen molar-refractivity contribution in [2.24, 2.45) is 0 Å². The second-order valence-corrected chi connectivity index (χ2v) is 20.9. The minimum absolute atomic E-state index is 0.176. The number of benzene rings is 7. The van der Waals surface area contributed by atoms with Gasteiger partial charge in [0.15, 0.2) is 8.07 Å². The Morgan fingerprint density at radius 3 is 1.84 bits per heavy atom. The van der Waals surface area contributed by atoms with E-state index in [-0.39, 0.29) is 12.0 Å². The first-order valence-electron chi connectivity index (χ1n) is 20.5. The quantitative estimate of drug-likeness (QED) is 0.153. The Bertz CT molecular complexity index is 3110. The van der Waals surface area contributed by atoms with Crippen LogP contribution in [0.3, 0.4) is 0 Å². The van der Waals surface area contributed by atoms with E-state index < -0.39 is 8.07 Å². The molecule has 4 heteroatoms. The molecule has 0 saturated carbocycles. The number of aromatic nitrogens is 1. The third-order valence-electron chi connectivity index (χ3n) is 12.9. The van der Waals surface area contributed by atoms with Crippen LogP contribution >= 0.6 is 11.3 Å². The van der Waals surface area contributed by atoms with Crippen LogP contribution in [-0.4, -0.2) is 18.7 Å². The zero-order chi connectivity index (χ0) is 38.2. The molecule has 0 N–H and O–H groups in total. The predicted octanol–water partition coefficient (Wildman–Crippen LogP) is 12.9. The topological polar surface area (TPSA) is 8.17 Å². The molecule has 0 radical (unpaired) electrons. The Morgan fingerprint density at radius 1 is 0.569 bits per heavy atom. The number of fused-ring (bicyclic) bond motifs is 9. The maximum Gasteiger partial charge on any atom is 0.175 e. The molecular weight excluding hydrogens is 737 g/mol. The van der Waals surface area contributed by atoms with Crippen LogP contribution in [-0.2, 0) is 0 Å². The van der Waals surface area contributed by atoms with Crippen molar-refractivity contribution in [3.8, 4) is 5.69 Å². The summed E-state index contributed by atoms with van der Waals surface area (Å²) in [6, 6.07) is 63.9. The number of para-hydroxylation sites is 3. The zero-order valence-corrected chi connectivity index (χ0v) is 33.8. The molecule has 276 valence electrons. The Morgan fingerprint density at radius 2 is 1.17 bits per heavy atom. The minimum atomic E-state index is -2.58. The average Bonchev–Trinajstić information content (AvgIpc) is 3.95. The number of anilines is 2. The van der Waals surface area contributed by atoms with Gasteiger partial charge in [0.1, 0.15) is 0 Å². The van der Waals surface area contributed by atoms with Crippen LogP contribution in [0.15, 0.2) is 217 Å². The second-order valence-electron chi connectivity index (χ2n) is 15.9. The second kappa shape index (κ2) is 13.3. The lowest BCUT2D eigenvalue weighted by Gasteiger charge is -2.40. The van der Waals surface area contributed by atoms with Gasteiger partial charge < -0.3 is 9.47 Å². The highest BCUT2D eigenvalue weighted by Crippen LogP contribution is 2.50. The number of hydrogen-bond acceptors (Lipinski definition) is 2. The molecule has 3 aliphatic rings. The van der Waals surface area contributed by atoms with Gasteiger partial charge in [-0.25, -0.2) is 0 Å². The Balaban J connectivity index is 1.00. The fourth-order valence-electron chi connectivity index (χ4n) is 10.5. The maximum atomic E-state index is 2.67. The van der Waals surface area contributed by atoms with E-state index in [9.17, 15) is 0 Å². The van der Waals surface area contributed by atoms with E-state index in [1.807, 2.05) is 11.3 Å². The minimum Gasteiger partial charge on any atom is -0.333 e. The van der Waals surface area contributed by atoms with Crippen LogP contribution in [0, 0.1) is 0 Å². The van der Waals surface area contributed by atoms with E-state index >= 15 is 0 Å². The summed E-state index contributed by atoms with van der Waals surface area (Å²) in [6.07, 6.45) is 16.9. The molecule has 2 aromatic heterocycles. The van der Waals surface area contributed by atoms with Crippen molar-refractivity contribution in [3.05, 3.63) is 222 Å². The fourth-order valence-corrected chi connectivity index (χ4v) is 16.7. The van der Waals surface area contributed by atoms with Gasteiger partial charge in [-0.2, -0.15) is 0 Å². The third kappa shape index (κ3) is 4.95. The molecule has 0 amide bonds. The highest BCUT2D eigenvalue weighted by atomic mass is 32.1. The largest absolute Gasteiger partial charge is 0.333 e. The molecule has 0 spiro atoms. The van der Waals surface area contributed by atoms with E-state index in [4.69, 9.17) is 0 Å². The van der Waals surface area contributed by atoms with E-state index in [0.717, 1.165) is 12.8 Å². The maximum absolute atomic E-state index is 2.67. The van der Waals surface area contributed by atoms with E-state index in [2.05, 4.69) is 216 Å². The summed E-state index contributed by atoms with van der Waals surface area (Å²) < 4.78 is 5.07. The van der Waals surface area contributed by atoms with Gasteiger partial charge >= 0.3 is 0 Å². The number of allylic oxidation sites excluding steroid dienone is 6. The van der Waals surface area contributed by atoms with Gasteiger partial charge in [-0.15, -0.1) is 11.3 Å². The zero-order valence-electron chi connectivity index (χ0n) is 32.0. The monoisotopic (exact) mass is 776 g/mol. The lowest BCUT2D eigenvalue weighted by atomic mass is 9.91. The highest BCUT2D eigenvalue weighted by molar-refractivity contribution is 7.25. The molecule has 9 aromatic rings. The number of hydrogen-bond donors (Lipinski definition) is 0. The number of thiophene rings is 1. The normalized spacial score (nSPS) is 17.6. The molecule has 0 fully saturated rings. The summed E-state index contributed by atoms with van der Waals surface area (Å²) in [4.78, 5) is 2.61. The summed E-state index contributed by atoms with van der Waals surface area (Å²) in [5.74, 6) is 0.229. The van der Waals surface area contributed by atoms with E-state index in [1.54, 1.807) is 5.20 Å². The molecule has 58 heavy (non-hydrogen) atoms. The first-order chi connectivity index (χ1) is 28.8. The summed E-state index contributed by atoms with van der Waals surface area (Å²) in [6.45, 7) is 0. The summed E-state index contributed by atoms with van der Waals surface area (Å²) in [5, 5.41) is 11.2. The van der Waals surface area contributed by atoms with E-state index in [0.29, 0.717) is 0 Å². The average molecular weight is 777 g/mol. The fraction of sp³-hybridized carbons (Fsp3) is 0.0741. The molecule has 12 rings (SSSR count).